The quantitative estimate of drug-likeness (QED) is 0.541. The fourth-order valence-electron chi connectivity index (χ4n) is 4.16. The Bertz CT molecular complexity index is 896. The zero-order chi connectivity index (χ0) is 23.5. The molecule has 1 atom stereocenters. The molecule has 1 aliphatic heterocycles. The Balaban J connectivity index is 1.54. The largest absolute Gasteiger partial charge is 0.340 e. The van der Waals surface area contributed by atoms with Gasteiger partial charge in [0, 0.05) is 19.6 Å². The molecule has 7 heteroatoms. The van der Waals surface area contributed by atoms with Crippen molar-refractivity contribution in [2.45, 2.75) is 31.7 Å². The van der Waals surface area contributed by atoms with Gasteiger partial charge in [0.1, 0.15) is 6.04 Å². The summed E-state index contributed by atoms with van der Waals surface area (Å²) in [5, 5.41) is 3.34. The normalized spacial score (nSPS) is 15.6. The molecule has 3 rings (SSSR count). The lowest BCUT2D eigenvalue weighted by atomic mass is 10.1. The first-order valence-electron chi connectivity index (χ1n) is 11.7. The predicted octanol–water partition coefficient (Wildman–Crippen LogP) is 4.36. The number of rotatable bonds is 10. The molecule has 0 aromatic heterocycles. The highest BCUT2D eigenvalue weighted by atomic mass is 35.5. The Kier molecular flexibility index (Phi) is 10.6. The first-order valence-corrected chi connectivity index (χ1v) is 13.4. The van der Waals surface area contributed by atoms with E-state index in [2.05, 4.69) is 34.5 Å². The van der Waals surface area contributed by atoms with E-state index in [-0.39, 0.29) is 11.8 Å². The Morgan fingerprint density at radius 3 is 2.55 bits per heavy atom. The maximum atomic E-state index is 13.4. The van der Waals surface area contributed by atoms with Crippen LogP contribution in [0.3, 0.4) is 0 Å². The van der Waals surface area contributed by atoms with Crippen molar-refractivity contribution in [1.29, 1.82) is 0 Å². The molecule has 33 heavy (non-hydrogen) atoms. The zero-order valence-electron chi connectivity index (χ0n) is 19.3. The van der Waals surface area contributed by atoms with Gasteiger partial charge in [0.15, 0.2) is 0 Å². The van der Waals surface area contributed by atoms with Gasteiger partial charge in [0.05, 0.1) is 10.6 Å². The summed E-state index contributed by atoms with van der Waals surface area (Å²) in [5.41, 5.74) is 1.77. The van der Waals surface area contributed by atoms with E-state index in [9.17, 15) is 9.59 Å². The fraction of sp³-hybridized carbons (Fsp3) is 0.462. The summed E-state index contributed by atoms with van der Waals surface area (Å²) in [4.78, 5) is 30.5. The second-order valence-electron chi connectivity index (χ2n) is 8.40. The number of hydrogen-bond acceptors (Lipinski definition) is 4. The molecule has 1 heterocycles. The molecule has 1 N–H and O–H groups in total. The van der Waals surface area contributed by atoms with E-state index in [1.807, 2.05) is 17.2 Å². The molecular weight excluding hydrogens is 454 g/mol. The topological polar surface area (TPSA) is 52.7 Å². The number of nitrogens with one attached hydrogen (secondary N) is 1. The van der Waals surface area contributed by atoms with Gasteiger partial charge in [-0.25, -0.2) is 0 Å². The van der Waals surface area contributed by atoms with E-state index in [4.69, 9.17) is 11.6 Å². The van der Waals surface area contributed by atoms with E-state index in [1.165, 1.54) is 5.56 Å². The number of hydrogen-bond donors (Lipinski definition) is 1. The lowest BCUT2D eigenvalue weighted by Gasteiger charge is -2.27. The van der Waals surface area contributed by atoms with Gasteiger partial charge in [-0.05, 0) is 68.5 Å². The standard InChI is InChI=1S/C26H34ClN3O2S/c1-33-20-14-24(28-25(31)22-12-5-6-13-23(22)27)26(32)30-17-8-16-29(18-19-30)15-7-11-21-9-3-2-4-10-21/h2-6,9-10,12-13,24H,7-8,11,14-20H2,1H3,(H,28,31). The fourth-order valence-corrected chi connectivity index (χ4v) is 4.85. The van der Waals surface area contributed by atoms with Gasteiger partial charge in [0.2, 0.25) is 5.91 Å². The van der Waals surface area contributed by atoms with Crippen LogP contribution in [0.5, 0.6) is 0 Å². The van der Waals surface area contributed by atoms with Gasteiger partial charge in [-0.15, -0.1) is 0 Å². The van der Waals surface area contributed by atoms with Crippen LogP contribution >= 0.6 is 23.4 Å². The van der Waals surface area contributed by atoms with Gasteiger partial charge >= 0.3 is 0 Å². The molecule has 5 nitrogen and oxygen atoms in total. The van der Waals surface area contributed by atoms with Gasteiger partial charge in [-0.3, -0.25) is 9.59 Å². The molecule has 1 fully saturated rings. The van der Waals surface area contributed by atoms with E-state index in [1.54, 1.807) is 36.0 Å². The third kappa shape index (κ3) is 8.05. The van der Waals surface area contributed by atoms with Crippen LogP contribution in [0, 0.1) is 0 Å². The van der Waals surface area contributed by atoms with Crippen molar-refractivity contribution in [2.75, 3.05) is 44.7 Å². The molecule has 1 saturated heterocycles. The van der Waals surface area contributed by atoms with E-state index < -0.39 is 6.04 Å². The second kappa shape index (κ2) is 13.6. The Morgan fingerprint density at radius 1 is 1.03 bits per heavy atom. The molecule has 0 radical (unpaired) electrons. The number of halogens is 1. The van der Waals surface area contributed by atoms with Crippen molar-refractivity contribution >= 4 is 35.2 Å². The van der Waals surface area contributed by atoms with Crippen LogP contribution in [-0.2, 0) is 11.2 Å². The number of carbonyl (C=O) groups excluding carboxylic acids is 2. The Hall–Kier alpha value is -2.02. The van der Waals surface area contributed by atoms with Gasteiger partial charge < -0.3 is 15.1 Å². The number of thioether (sulfide) groups is 1. The van der Waals surface area contributed by atoms with Crippen LogP contribution in [-0.4, -0.2) is 72.4 Å². The molecule has 0 aliphatic carbocycles. The smallest absolute Gasteiger partial charge is 0.253 e. The van der Waals surface area contributed by atoms with Crippen molar-refractivity contribution < 1.29 is 9.59 Å². The summed E-state index contributed by atoms with van der Waals surface area (Å²) in [7, 11) is 0. The first kappa shape index (κ1) is 25.6. The van der Waals surface area contributed by atoms with Crippen molar-refractivity contribution in [3.8, 4) is 0 Å². The predicted molar refractivity (Wildman–Crippen MR) is 138 cm³/mol. The number of nitrogens with zero attached hydrogens (tertiary/aromatic N) is 2. The summed E-state index contributed by atoms with van der Waals surface area (Å²) in [6, 6.07) is 17.0. The van der Waals surface area contributed by atoms with Gasteiger partial charge in [-0.2, -0.15) is 11.8 Å². The minimum atomic E-state index is -0.536. The summed E-state index contributed by atoms with van der Waals surface area (Å²) in [6.07, 6.45) is 5.75. The zero-order valence-corrected chi connectivity index (χ0v) is 20.9. The highest BCUT2D eigenvalue weighted by molar-refractivity contribution is 7.98. The highest BCUT2D eigenvalue weighted by Gasteiger charge is 2.28. The molecule has 2 aromatic rings. The third-order valence-corrected chi connectivity index (χ3v) is 6.99. The summed E-state index contributed by atoms with van der Waals surface area (Å²) in [6.45, 7) is 4.33. The third-order valence-electron chi connectivity index (χ3n) is 6.02. The molecule has 0 bridgehead atoms. The first-order chi connectivity index (χ1) is 16.1. The highest BCUT2D eigenvalue weighted by Crippen LogP contribution is 2.16. The van der Waals surface area contributed by atoms with Crippen LogP contribution in [0.25, 0.3) is 0 Å². The second-order valence-corrected chi connectivity index (χ2v) is 9.79. The molecule has 2 aromatic carbocycles. The van der Waals surface area contributed by atoms with E-state index in [0.29, 0.717) is 23.6 Å². The average Bonchev–Trinajstić information content (AvgIpc) is 3.08. The minimum absolute atomic E-state index is 0.00980. The average molecular weight is 488 g/mol. The lowest BCUT2D eigenvalue weighted by molar-refractivity contribution is -0.133. The van der Waals surface area contributed by atoms with Crippen LogP contribution in [0.15, 0.2) is 54.6 Å². The van der Waals surface area contributed by atoms with Crippen LogP contribution < -0.4 is 5.32 Å². The van der Waals surface area contributed by atoms with Crippen LogP contribution in [0.4, 0.5) is 0 Å². The molecule has 1 unspecified atom stereocenters. The lowest BCUT2D eigenvalue weighted by Crippen LogP contribution is -2.49. The van der Waals surface area contributed by atoms with Crippen molar-refractivity contribution in [3.63, 3.8) is 0 Å². The maximum absolute atomic E-state index is 13.4. The van der Waals surface area contributed by atoms with Crippen molar-refractivity contribution in [3.05, 3.63) is 70.7 Å². The molecule has 0 saturated carbocycles. The summed E-state index contributed by atoms with van der Waals surface area (Å²) in [5.74, 6) is 0.520. The SMILES string of the molecule is CSCCC(NC(=O)c1ccccc1Cl)C(=O)N1CCCN(CCCc2ccccc2)CC1. The van der Waals surface area contributed by atoms with Crippen LogP contribution in [0.2, 0.25) is 5.02 Å². The molecule has 178 valence electrons. The number of benzene rings is 2. The number of carbonyl (C=O) groups is 2. The summed E-state index contributed by atoms with van der Waals surface area (Å²) < 4.78 is 0. The van der Waals surface area contributed by atoms with Crippen LogP contribution in [0.1, 0.15) is 35.2 Å². The maximum Gasteiger partial charge on any atom is 0.253 e. The molecule has 2 amide bonds. The van der Waals surface area contributed by atoms with E-state index >= 15 is 0 Å². The molecule has 0 spiro atoms. The number of amides is 2. The minimum Gasteiger partial charge on any atom is -0.340 e. The molecular formula is C26H34ClN3O2S. The Morgan fingerprint density at radius 2 is 1.79 bits per heavy atom. The van der Waals surface area contributed by atoms with Gasteiger partial charge in [-0.1, -0.05) is 54.1 Å². The van der Waals surface area contributed by atoms with Crippen molar-refractivity contribution in [2.24, 2.45) is 0 Å². The van der Waals surface area contributed by atoms with Crippen molar-refractivity contribution in [1.82, 2.24) is 15.1 Å². The monoisotopic (exact) mass is 487 g/mol. The van der Waals surface area contributed by atoms with E-state index in [0.717, 1.165) is 51.2 Å². The number of aryl methyl sites for hydroxylation is 1. The van der Waals surface area contributed by atoms with Gasteiger partial charge in [0.25, 0.3) is 5.91 Å². The molecule has 1 aliphatic rings. The summed E-state index contributed by atoms with van der Waals surface area (Å²) >= 11 is 7.86. The Labute approximate surface area is 206 Å².